The zero-order valence-electron chi connectivity index (χ0n) is 13.9. The standard InChI is InChI=1S/C17H17N5O2S2/c23-13-7-5-12(6-8-13)22-17(18-19-20-22)26-11-16(24)21-9-1-3-14(21)15-4-2-10-25-15/h2,4-8,10,14,23H,1,3,9,11H2. The molecule has 2 aromatic heterocycles. The third kappa shape index (κ3) is 3.45. The minimum atomic E-state index is 0.103. The minimum absolute atomic E-state index is 0.103. The molecule has 1 unspecified atom stereocenters. The number of aromatic hydroxyl groups is 1. The van der Waals surface area contributed by atoms with Gasteiger partial charge in [0, 0.05) is 11.4 Å². The highest BCUT2D eigenvalue weighted by Crippen LogP contribution is 2.35. The van der Waals surface area contributed by atoms with Crippen LogP contribution in [0.2, 0.25) is 0 Å². The normalized spacial score (nSPS) is 16.9. The fraction of sp³-hybridized carbons (Fsp3) is 0.294. The van der Waals surface area contributed by atoms with E-state index in [0.29, 0.717) is 10.9 Å². The van der Waals surface area contributed by atoms with Crippen molar-refractivity contribution in [2.75, 3.05) is 12.3 Å². The third-order valence-corrected chi connectivity index (χ3v) is 6.18. The first-order chi connectivity index (χ1) is 12.7. The first-order valence-corrected chi connectivity index (χ1v) is 10.1. The smallest absolute Gasteiger partial charge is 0.233 e. The van der Waals surface area contributed by atoms with Crippen LogP contribution in [0.4, 0.5) is 0 Å². The van der Waals surface area contributed by atoms with Crippen molar-refractivity contribution in [1.82, 2.24) is 25.1 Å². The Hall–Kier alpha value is -2.39. The summed E-state index contributed by atoms with van der Waals surface area (Å²) < 4.78 is 1.57. The second-order valence-corrected chi connectivity index (χ2v) is 7.86. The number of thioether (sulfide) groups is 1. The van der Waals surface area contributed by atoms with E-state index >= 15 is 0 Å². The number of phenols is 1. The summed E-state index contributed by atoms with van der Waals surface area (Å²) >= 11 is 3.02. The van der Waals surface area contributed by atoms with Gasteiger partial charge in [0.25, 0.3) is 0 Å². The molecule has 1 amide bonds. The summed E-state index contributed by atoms with van der Waals surface area (Å²) in [5.41, 5.74) is 0.736. The molecule has 0 saturated carbocycles. The van der Waals surface area contributed by atoms with Gasteiger partial charge in [0.1, 0.15) is 5.75 Å². The van der Waals surface area contributed by atoms with Crippen molar-refractivity contribution in [3.8, 4) is 11.4 Å². The van der Waals surface area contributed by atoms with Gasteiger partial charge in [-0.05, 0) is 59.0 Å². The topological polar surface area (TPSA) is 84.1 Å². The number of thiophene rings is 1. The van der Waals surface area contributed by atoms with Crippen molar-refractivity contribution >= 4 is 29.0 Å². The molecule has 1 fully saturated rings. The van der Waals surface area contributed by atoms with Gasteiger partial charge in [-0.3, -0.25) is 4.79 Å². The van der Waals surface area contributed by atoms with Crippen molar-refractivity contribution in [2.24, 2.45) is 0 Å². The molecule has 1 saturated heterocycles. The van der Waals surface area contributed by atoms with Crippen molar-refractivity contribution in [3.05, 3.63) is 46.7 Å². The van der Waals surface area contributed by atoms with Crippen molar-refractivity contribution < 1.29 is 9.90 Å². The van der Waals surface area contributed by atoms with Crippen LogP contribution in [0.25, 0.3) is 5.69 Å². The van der Waals surface area contributed by atoms with E-state index in [0.717, 1.165) is 25.1 Å². The molecule has 0 bridgehead atoms. The lowest BCUT2D eigenvalue weighted by molar-refractivity contribution is -0.129. The van der Waals surface area contributed by atoms with E-state index < -0.39 is 0 Å². The summed E-state index contributed by atoms with van der Waals surface area (Å²) in [5.74, 6) is 0.575. The molecular weight excluding hydrogens is 370 g/mol. The number of benzene rings is 1. The van der Waals surface area contributed by atoms with Gasteiger partial charge in [-0.15, -0.1) is 16.4 Å². The summed E-state index contributed by atoms with van der Waals surface area (Å²) in [6.45, 7) is 0.796. The molecule has 0 spiro atoms. The lowest BCUT2D eigenvalue weighted by Gasteiger charge is -2.23. The molecule has 1 aliphatic heterocycles. The Bertz CT molecular complexity index is 879. The SMILES string of the molecule is O=C(CSc1nnnn1-c1ccc(O)cc1)N1CCCC1c1cccs1. The number of tetrazole rings is 1. The van der Waals surface area contributed by atoms with Crippen LogP contribution in [-0.2, 0) is 4.79 Å². The zero-order chi connectivity index (χ0) is 17.9. The Kier molecular flexibility index (Phi) is 4.89. The number of hydrogen-bond acceptors (Lipinski definition) is 7. The summed E-state index contributed by atoms with van der Waals surface area (Å²) in [6.07, 6.45) is 2.05. The summed E-state index contributed by atoms with van der Waals surface area (Å²) in [7, 11) is 0. The van der Waals surface area contributed by atoms with Crippen LogP contribution >= 0.6 is 23.1 Å². The molecule has 3 heterocycles. The van der Waals surface area contributed by atoms with Crippen LogP contribution in [-0.4, -0.2) is 48.4 Å². The van der Waals surface area contributed by atoms with Crippen LogP contribution < -0.4 is 0 Å². The average Bonchev–Trinajstić information content (AvgIpc) is 3.40. The number of nitrogens with zero attached hydrogens (tertiary/aromatic N) is 5. The van der Waals surface area contributed by atoms with Gasteiger partial charge in [-0.2, -0.15) is 4.68 Å². The Morgan fingerprint density at radius 2 is 2.15 bits per heavy atom. The highest BCUT2D eigenvalue weighted by atomic mass is 32.2. The number of carbonyl (C=O) groups excluding carboxylic acids is 1. The van der Waals surface area contributed by atoms with Crippen LogP contribution in [0.1, 0.15) is 23.8 Å². The predicted octanol–water partition coefficient (Wildman–Crippen LogP) is 2.89. The molecule has 1 aliphatic rings. The largest absolute Gasteiger partial charge is 0.508 e. The number of amides is 1. The number of aromatic nitrogens is 4. The van der Waals surface area contributed by atoms with Gasteiger partial charge in [0.05, 0.1) is 17.5 Å². The Labute approximate surface area is 158 Å². The Balaban J connectivity index is 1.44. The molecule has 1 N–H and O–H groups in total. The maximum absolute atomic E-state index is 12.7. The Morgan fingerprint density at radius 1 is 1.31 bits per heavy atom. The van der Waals surface area contributed by atoms with Crippen molar-refractivity contribution in [3.63, 3.8) is 0 Å². The highest BCUT2D eigenvalue weighted by molar-refractivity contribution is 7.99. The molecule has 1 aromatic carbocycles. The molecule has 3 aromatic rings. The van der Waals surface area contributed by atoms with E-state index in [1.54, 1.807) is 40.3 Å². The molecule has 134 valence electrons. The number of phenolic OH excluding ortho intramolecular Hbond substituents is 1. The van der Waals surface area contributed by atoms with Crippen molar-refractivity contribution in [2.45, 2.75) is 24.0 Å². The quantitative estimate of drug-likeness (QED) is 0.678. The maximum Gasteiger partial charge on any atom is 0.233 e. The van der Waals surface area contributed by atoms with Gasteiger partial charge in [0.2, 0.25) is 11.1 Å². The first-order valence-electron chi connectivity index (χ1n) is 8.26. The number of hydrogen-bond donors (Lipinski definition) is 1. The summed E-state index contributed by atoms with van der Waals surface area (Å²) in [4.78, 5) is 15.9. The molecule has 7 nitrogen and oxygen atoms in total. The van der Waals surface area contributed by atoms with Gasteiger partial charge < -0.3 is 10.0 Å². The minimum Gasteiger partial charge on any atom is -0.508 e. The van der Waals surface area contributed by atoms with Crippen molar-refractivity contribution in [1.29, 1.82) is 0 Å². The molecule has 0 aliphatic carbocycles. The summed E-state index contributed by atoms with van der Waals surface area (Å²) in [6, 6.07) is 10.9. The maximum atomic E-state index is 12.7. The lowest BCUT2D eigenvalue weighted by atomic mass is 10.2. The van der Waals surface area contributed by atoms with Crippen LogP contribution in [0.15, 0.2) is 46.9 Å². The second-order valence-electron chi connectivity index (χ2n) is 5.94. The van der Waals surface area contributed by atoms with E-state index in [9.17, 15) is 9.90 Å². The van der Waals surface area contributed by atoms with E-state index in [1.807, 2.05) is 11.0 Å². The molecule has 0 radical (unpaired) electrons. The van der Waals surface area contributed by atoms with Crippen LogP contribution in [0.3, 0.4) is 0 Å². The van der Waals surface area contributed by atoms with Gasteiger partial charge in [0.15, 0.2) is 0 Å². The lowest BCUT2D eigenvalue weighted by Crippen LogP contribution is -2.31. The van der Waals surface area contributed by atoms with E-state index in [-0.39, 0.29) is 17.7 Å². The summed E-state index contributed by atoms with van der Waals surface area (Å²) in [5, 5.41) is 23.7. The molecule has 4 rings (SSSR count). The molecular formula is C17H17N5O2S2. The first kappa shape index (κ1) is 17.0. The number of rotatable bonds is 5. The van der Waals surface area contributed by atoms with Gasteiger partial charge in [-0.25, -0.2) is 0 Å². The monoisotopic (exact) mass is 387 g/mol. The second kappa shape index (κ2) is 7.46. The van der Waals surface area contributed by atoms with Crippen LogP contribution in [0.5, 0.6) is 5.75 Å². The van der Waals surface area contributed by atoms with E-state index in [1.165, 1.54) is 16.6 Å². The number of carbonyl (C=O) groups is 1. The predicted molar refractivity (Wildman–Crippen MR) is 99.5 cm³/mol. The highest BCUT2D eigenvalue weighted by Gasteiger charge is 2.30. The third-order valence-electron chi connectivity index (χ3n) is 4.30. The number of likely N-dealkylation sites (tertiary alicyclic amines) is 1. The Morgan fingerprint density at radius 3 is 2.92 bits per heavy atom. The van der Waals surface area contributed by atoms with E-state index in [2.05, 4.69) is 27.0 Å². The average molecular weight is 387 g/mol. The zero-order valence-corrected chi connectivity index (χ0v) is 15.5. The molecule has 26 heavy (non-hydrogen) atoms. The molecule has 9 heteroatoms. The fourth-order valence-corrected chi connectivity index (χ4v) is 4.73. The van der Waals surface area contributed by atoms with Crippen LogP contribution in [0, 0.1) is 0 Å². The molecule has 1 atom stereocenters. The van der Waals surface area contributed by atoms with Gasteiger partial charge >= 0.3 is 0 Å². The van der Waals surface area contributed by atoms with E-state index in [4.69, 9.17) is 0 Å². The fourth-order valence-electron chi connectivity index (χ4n) is 3.08. The van der Waals surface area contributed by atoms with Gasteiger partial charge in [-0.1, -0.05) is 17.8 Å².